The fraction of sp³-hybridized carbons (Fsp3) is 0.207. The Hall–Kier alpha value is -6.39. The average molecular weight is 623 g/mol. The lowest BCUT2D eigenvalue weighted by Gasteiger charge is -2.19. The van der Waals surface area contributed by atoms with Crippen molar-refractivity contribution in [2.45, 2.75) is 26.7 Å². The zero-order valence-electron chi connectivity index (χ0n) is 24.5. The number of aromatic nitrogens is 8. The van der Waals surface area contributed by atoms with E-state index in [0.29, 0.717) is 28.2 Å². The Labute approximate surface area is 258 Å². The van der Waals surface area contributed by atoms with Crippen molar-refractivity contribution in [3.05, 3.63) is 104 Å². The van der Waals surface area contributed by atoms with E-state index in [1.165, 1.54) is 12.3 Å². The number of aromatic amines is 2. The van der Waals surface area contributed by atoms with Crippen LogP contribution in [0, 0.1) is 11.8 Å². The fourth-order valence-electron chi connectivity index (χ4n) is 5.04. The number of hydrogen-bond donors (Lipinski definition) is 4. The van der Waals surface area contributed by atoms with Crippen LogP contribution in [0.2, 0.25) is 0 Å². The van der Waals surface area contributed by atoms with Crippen LogP contribution in [0.15, 0.2) is 85.9 Å². The zero-order chi connectivity index (χ0) is 32.4. The zero-order valence-corrected chi connectivity index (χ0v) is 24.5. The van der Waals surface area contributed by atoms with E-state index < -0.39 is 17.1 Å². The summed E-state index contributed by atoms with van der Waals surface area (Å²) < 4.78 is 2.55. The van der Waals surface area contributed by atoms with Gasteiger partial charge in [0.2, 0.25) is 17.8 Å². The summed E-state index contributed by atoms with van der Waals surface area (Å²) in [5.41, 5.74) is 6.91. The van der Waals surface area contributed by atoms with Gasteiger partial charge < -0.3 is 0 Å². The highest BCUT2D eigenvalue weighted by Gasteiger charge is 2.23. The summed E-state index contributed by atoms with van der Waals surface area (Å²) >= 11 is 0. The predicted molar refractivity (Wildman–Crippen MR) is 165 cm³/mol. The van der Waals surface area contributed by atoms with E-state index in [0.717, 1.165) is 22.3 Å². The van der Waals surface area contributed by atoms with Crippen molar-refractivity contribution in [3.8, 4) is 11.8 Å². The lowest BCUT2D eigenvalue weighted by Crippen LogP contribution is -2.42. The van der Waals surface area contributed by atoms with E-state index in [1.807, 2.05) is 52.6 Å². The summed E-state index contributed by atoms with van der Waals surface area (Å²) in [6.45, 7) is 3.81. The van der Waals surface area contributed by atoms with Crippen LogP contribution in [-0.4, -0.2) is 62.3 Å². The monoisotopic (exact) mass is 622 g/mol. The van der Waals surface area contributed by atoms with Gasteiger partial charge in [0.25, 0.3) is 0 Å². The molecule has 46 heavy (non-hydrogen) atoms. The third kappa shape index (κ3) is 6.01. The molecule has 2 aliphatic heterocycles. The highest BCUT2D eigenvalue weighted by Crippen LogP contribution is 2.19. The van der Waals surface area contributed by atoms with Gasteiger partial charge in [0.05, 0.1) is 22.5 Å². The van der Waals surface area contributed by atoms with Crippen molar-refractivity contribution in [2.75, 3.05) is 0 Å². The molecule has 6 heterocycles. The van der Waals surface area contributed by atoms with Crippen molar-refractivity contribution >= 4 is 34.3 Å². The number of nitrogens with zero attached hydrogens (tertiary/aromatic N) is 8. The van der Waals surface area contributed by atoms with Crippen molar-refractivity contribution in [2.24, 2.45) is 22.0 Å². The summed E-state index contributed by atoms with van der Waals surface area (Å²) in [4.78, 5) is 78.4. The Bertz CT molecular complexity index is 2180. The molecule has 7 rings (SSSR count). The minimum Gasteiger partial charge on any atom is -0.273 e. The molecule has 0 saturated carbocycles. The third-order valence-corrected chi connectivity index (χ3v) is 7.24. The van der Waals surface area contributed by atoms with Crippen LogP contribution in [0.3, 0.4) is 0 Å². The maximum Gasteiger partial charge on any atom is 0.339 e. The molecule has 0 fully saturated rings. The molecule has 17 heteroatoms. The average Bonchev–Trinajstić information content (AvgIpc) is 3.46. The standard InChI is InChI=1S/C16H14N6O.C13H12N6O4/c1-10-6-14(23)20-21-15(10)11-7-17-16(18-8-11)22-9-19-12-4-2-3-5-13(12)22;1-6-4-9(20)17-18-10(6)7-2-3-14-8(5-7)19-12(22)15-11(21)16-13(19)23/h2-5,7-10H,6H2,1H3,(H,20,23);2-3,5-6H,4H2,1H3,(H,17,20)(H2,15,16,21,22,23). The van der Waals surface area contributed by atoms with Gasteiger partial charge >= 0.3 is 17.1 Å². The number of carbonyl (C=O) groups excluding carboxylic acids is 2. The third-order valence-electron chi connectivity index (χ3n) is 7.24. The summed E-state index contributed by atoms with van der Waals surface area (Å²) in [5, 5.41) is 8.14. The van der Waals surface area contributed by atoms with Crippen LogP contribution in [0.1, 0.15) is 37.8 Å². The molecule has 2 aliphatic rings. The van der Waals surface area contributed by atoms with Gasteiger partial charge in [-0.2, -0.15) is 14.8 Å². The van der Waals surface area contributed by atoms with Gasteiger partial charge in [0, 0.05) is 54.4 Å². The number of nitrogens with one attached hydrogen (secondary N) is 4. The molecule has 4 N–H and O–H groups in total. The van der Waals surface area contributed by atoms with Gasteiger partial charge in [-0.15, -0.1) is 0 Å². The van der Waals surface area contributed by atoms with E-state index in [-0.39, 0.29) is 35.9 Å². The highest BCUT2D eigenvalue weighted by molar-refractivity contribution is 6.06. The quantitative estimate of drug-likeness (QED) is 0.213. The summed E-state index contributed by atoms with van der Waals surface area (Å²) in [5.74, 6) is 0.275. The number of benzene rings is 1. The number of carbonyl (C=O) groups is 2. The van der Waals surface area contributed by atoms with E-state index in [4.69, 9.17) is 0 Å². The molecule has 17 nitrogen and oxygen atoms in total. The van der Waals surface area contributed by atoms with Gasteiger partial charge in [0.15, 0.2) is 0 Å². The Balaban J connectivity index is 0.000000162. The van der Waals surface area contributed by atoms with Crippen LogP contribution in [0.5, 0.6) is 0 Å². The lowest BCUT2D eigenvalue weighted by atomic mass is 9.95. The van der Waals surface area contributed by atoms with Crippen molar-refractivity contribution in [3.63, 3.8) is 0 Å². The molecule has 0 spiro atoms. The topological polar surface area (TPSA) is 227 Å². The summed E-state index contributed by atoms with van der Waals surface area (Å²) in [6, 6.07) is 11.0. The number of imidazole rings is 1. The molecule has 2 unspecified atom stereocenters. The molecule has 232 valence electrons. The SMILES string of the molecule is CC1CC(=O)NN=C1c1ccnc(-n2c(=O)[nH]c(=O)[nH]c2=O)c1.CC1CC(=O)NN=C1c1cnc(-n2cnc3ccccc32)nc1. The van der Waals surface area contributed by atoms with E-state index in [1.54, 1.807) is 24.8 Å². The van der Waals surface area contributed by atoms with Crippen molar-refractivity contribution < 1.29 is 9.59 Å². The fourth-order valence-corrected chi connectivity index (χ4v) is 5.04. The first-order valence-electron chi connectivity index (χ1n) is 14.1. The molecule has 0 bridgehead atoms. The van der Waals surface area contributed by atoms with Crippen LogP contribution in [0.25, 0.3) is 22.8 Å². The minimum absolute atomic E-state index is 0.0387. The van der Waals surface area contributed by atoms with Gasteiger partial charge in [-0.25, -0.2) is 45.2 Å². The molecule has 2 atom stereocenters. The van der Waals surface area contributed by atoms with E-state index in [2.05, 4.69) is 41.0 Å². The van der Waals surface area contributed by atoms with E-state index in [9.17, 15) is 24.0 Å². The maximum atomic E-state index is 11.8. The molecular formula is C29H26N12O5. The normalized spacial score (nSPS) is 17.7. The second-order valence-corrected chi connectivity index (χ2v) is 10.6. The predicted octanol–water partition coefficient (Wildman–Crippen LogP) is 0.145. The second-order valence-electron chi connectivity index (χ2n) is 10.6. The molecule has 5 aromatic rings. The van der Waals surface area contributed by atoms with Crippen molar-refractivity contribution in [1.82, 2.24) is 49.9 Å². The largest absolute Gasteiger partial charge is 0.339 e. The Morgan fingerprint density at radius 3 is 1.98 bits per heavy atom. The first-order chi connectivity index (χ1) is 22.2. The number of hydrazone groups is 2. The van der Waals surface area contributed by atoms with Gasteiger partial charge in [-0.3, -0.25) is 24.1 Å². The number of hydrogen-bond acceptors (Lipinski definition) is 11. The van der Waals surface area contributed by atoms with E-state index >= 15 is 0 Å². The number of pyridine rings is 1. The first-order valence-corrected chi connectivity index (χ1v) is 14.1. The summed E-state index contributed by atoms with van der Waals surface area (Å²) in [6.07, 6.45) is 7.28. The summed E-state index contributed by atoms with van der Waals surface area (Å²) in [7, 11) is 0. The number of fused-ring (bicyclic) bond motifs is 1. The number of H-pyrrole nitrogens is 2. The number of rotatable bonds is 4. The molecule has 0 aliphatic carbocycles. The van der Waals surface area contributed by atoms with Crippen LogP contribution >= 0.6 is 0 Å². The van der Waals surface area contributed by atoms with Crippen LogP contribution in [-0.2, 0) is 9.59 Å². The highest BCUT2D eigenvalue weighted by atomic mass is 16.2. The first kappa shape index (κ1) is 29.7. The second kappa shape index (κ2) is 12.3. The molecule has 1 aromatic carbocycles. The molecule has 4 aromatic heterocycles. The number of amides is 2. The van der Waals surface area contributed by atoms with Crippen LogP contribution in [0.4, 0.5) is 0 Å². The molecule has 2 amide bonds. The number of para-hydroxylation sites is 2. The minimum atomic E-state index is -0.893. The molecule has 0 saturated heterocycles. The maximum absolute atomic E-state index is 11.8. The van der Waals surface area contributed by atoms with Gasteiger partial charge in [-0.1, -0.05) is 26.0 Å². The smallest absolute Gasteiger partial charge is 0.273 e. The molecule has 0 radical (unpaired) electrons. The van der Waals surface area contributed by atoms with Gasteiger partial charge in [0.1, 0.15) is 12.1 Å². The van der Waals surface area contributed by atoms with Gasteiger partial charge in [-0.05, 0) is 24.3 Å². The molecular weight excluding hydrogens is 596 g/mol. The Morgan fingerprint density at radius 1 is 0.739 bits per heavy atom. The van der Waals surface area contributed by atoms with Crippen LogP contribution < -0.4 is 27.9 Å². The van der Waals surface area contributed by atoms with Crippen molar-refractivity contribution in [1.29, 1.82) is 0 Å². The Kier molecular flexibility index (Phi) is 7.94. The Morgan fingerprint density at radius 2 is 1.35 bits per heavy atom. The lowest BCUT2D eigenvalue weighted by molar-refractivity contribution is -0.122.